The summed E-state index contributed by atoms with van der Waals surface area (Å²) in [6.07, 6.45) is 7.01. The van der Waals surface area contributed by atoms with Crippen molar-refractivity contribution in [3.05, 3.63) is 18.7 Å². The fraction of sp³-hybridized carbons (Fsp3) is 0.600. The summed E-state index contributed by atoms with van der Waals surface area (Å²) in [5, 5.41) is 2.96. The zero-order chi connectivity index (χ0) is 11.3. The molecule has 0 bridgehead atoms. The Labute approximate surface area is 89.7 Å². The molecule has 0 aliphatic rings. The minimum atomic E-state index is -0.611. The molecular formula is C10H18N4O. The lowest BCUT2D eigenvalue weighted by atomic mass is 9.95. The molecule has 0 saturated heterocycles. The number of primary amides is 1. The minimum absolute atomic E-state index is 0.310. The molecule has 5 nitrogen and oxygen atoms in total. The van der Waals surface area contributed by atoms with Gasteiger partial charge in [0.2, 0.25) is 5.91 Å². The van der Waals surface area contributed by atoms with E-state index in [9.17, 15) is 4.79 Å². The second kappa shape index (κ2) is 4.93. The van der Waals surface area contributed by atoms with Gasteiger partial charge in [0, 0.05) is 18.9 Å². The molecule has 0 aromatic carbocycles. The van der Waals surface area contributed by atoms with E-state index < -0.39 is 5.54 Å². The first-order valence-corrected chi connectivity index (χ1v) is 5.03. The molecule has 0 spiro atoms. The molecule has 1 heterocycles. The van der Waals surface area contributed by atoms with Gasteiger partial charge in [-0.15, -0.1) is 0 Å². The lowest BCUT2D eigenvalue weighted by molar-refractivity contribution is -0.123. The van der Waals surface area contributed by atoms with Crippen LogP contribution in [0.25, 0.3) is 0 Å². The lowest BCUT2D eigenvalue weighted by Crippen LogP contribution is -2.51. The Balaban J connectivity index is 2.38. The van der Waals surface area contributed by atoms with Crippen LogP contribution in [-0.4, -0.2) is 28.0 Å². The molecule has 1 amide bonds. The van der Waals surface area contributed by atoms with E-state index in [2.05, 4.69) is 10.3 Å². The molecule has 1 rings (SSSR count). The third-order valence-corrected chi connectivity index (χ3v) is 2.75. The van der Waals surface area contributed by atoms with Crippen molar-refractivity contribution in [1.29, 1.82) is 0 Å². The van der Waals surface area contributed by atoms with Gasteiger partial charge in [-0.3, -0.25) is 4.79 Å². The number of aryl methyl sites for hydroxylation is 1. The molecule has 1 aromatic heterocycles. The van der Waals surface area contributed by atoms with Gasteiger partial charge in [-0.2, -0.15) is 0 Å². The zero-order valence-corrected chi connectivity index (χ0v) is 9.23. The van der Waals surface area contributed by atoms with Crippen LogP contribution >= 0.6 is 0 Å². The predicted molar refractivity (Wildman–Crippen MR) is 58.1 cm³/mol. The normalized spacial score (nSPS) is 14.8. The Kier molecular flexibility index (Phi) is 3.85. The molecule has 0 fully saturated rings. The van der Waals surface area contributed by atoms with Crippen LogP contribution in [0, 0.1) is 0 Å². The van der Waals surface area contributed by atoms with Crippen LogP contribution in [0.2, 0.25) is 0 Å². The smallest absolute Gasteiger partial charge is 0.237 e. The highest BCUT2D eigenvalue weighted by molar-refractivity contribution is 5.84. The standard InChI is InChI=1S/C10H18N4O/c1-10(12-2,9(11)15)4-3-6-14-7-5-13-8-14/h5,7-8,12H,3-4,6H2,1-2H3,(H2,11,15). The van der Waals surface area contributed by atoms with E-state index in [4.69, 9.17) is 5.73 Å². The van der Waals surface area contributed by atoms with Crippen LogP contribution in [0.4, 0.5) is 0 Å². The number of aromatic nitrogens is 2. The Morgan fingerprint density at radius 1 is 1.67 bits per heavy atom. The highest BCUT2D eigenvalue weighted by Gasteiger charge is 2.27. The van der Waals surface area contributed by atoms with Gasteiger partial charge in [-0.05, 0) is 26.8 Å². The molecule has 1 aromatic rings. The van der Waals surface area contributed by atoms with Crippen molar-refractivity contribution < 1.29 is 4.79 Å². The van der Waals surface area contributed by atoms with E-state index in [0.29, 0.717) is 0 Å². The third kappa shape index (κ3) is 3.06. The number of hydrogen-bond acceptors (Lipinski definition) is 3. The van der Waals surface area contributed by atoms with E-state index >= 15 is 0 Å². The number of carbonyl (C=O) groups excluding carboxylic acids is 1. The van der Waals surface area contributed by atoms with Crippen LogP contribution in [0.1, 0.15) is 19.8 Å². The van der Waals surface area contributed by atoms with Crippen molar-refractivity contribution in [2.75, 3.05) is 7.05 Å². The van der Waals surface area contributed by atoms with Gasteiger partial charge in [0.25, 0.3) is 0 Å². The van der Waals surface area contributed by atoms with Gasteiger partial charge in [-0.1, -0.05) is 0 Å². The number of nitrogens with zero attached hydrogens (tertiary/aromatic N) is 2. The van der Waals surface area contributed by atoms with Gasteiger partial charge < -0.3 is 15.6 Å². The maximum absolute atomic E-state index is 11.2. The molecule has 0 radical (unpaired) electrons. The van der Waals surface area contributed by atoms with Crippen LogP contribution in [-0.2, 0) is 11.3 Å². The highest BCUT2D eigenvalue weighted by atomic mass is 16.1. The molecule has 1 atom stereocenters. The predicted octanol–water partition coefficient (Wildman–Crippen LogP) is 0.127. The summed E-state index contributed by atoms with van der Waals surface area (Å²) >= 11 is 0. The number of nitrogens with two attached hydrogens (primary N) is 1. The Bertz CT molecular complexity index is 309. The van der Waals surface area contributed by atoms with E-state index in [0.717, 1.165) is 19.4 Å². The fourth-order valence-electron chi connectivity index (χ4n) is 1.41. The highest BCUT2D eigenvalue weighted by Crippen LogP contribution is 2.11. The number of amides is 1. The van der Waals surface area contributed by atoms with Crippen molar-refractivity contribution in [1.82, 2.24) is 14.9 Å². The van der Waals surface area contributed by atoms with Gasteiger partial charge in [0.15, 0.2) is 0 Å². The quantitative estimate of drug-likeness (QED) is 0.700. The summed E-state index contributed by atoms with van der Waals surface area (Å²) in [4.78, 5) is 15.1. The van der Waals surface area contributed by atoms with E-state index in [1.54, 1.807) is 19.6 Å². The van der Waals surface area contributed by atoms with Crippen LogP contribution in [0.5, 0.6) is 0 Å². The summed E-state index contributed by atoms with van der Waals surface area (Å²) in [7, 11) is 1.75. The van der Waals surface area contributed by atoms with E-state index in [-0.39, 0.29) is 5.91 Å². The first-order valence-electron chi connectivity index (χ1n) is 5.03. The van der Waals surface area contributed by atoms with Crippen molar-refractivity contribution in [3.63, 3.8) is 0 Å². The summed E-state index contributed by atoms with van der Waals surface area (Å²) < 4.78 is 1.98. The number of likely N-dealkylation sites (N-methyl/N-ethyl adjacent to an activating group) is 1. The molecular weight excluding hydrogens is 192 g/mol. The van der Waals surface area contributed by atoms with Crippen LogP contribution < -0.4 is 11.1 Å². The maximum Gasteiger partial charge on any atom is 0.237 e. The average molecular weight is 210 g/mol. The molecule has 15 heavy (non-hydrogen) atoms. The second-order valence-electron chi connectivity index (χ2n) is 3.85. The molecule has 0 aliphatic heterocycles. The largest absolute Gasteiger partial charge is 0.368 e. The second-order valence-corrected chi connectivity index (χ2v) is 3.85. The maximum atomic E-state index is 11.2. The van der Waals surface area contributed by atoms with E-state index in [1.807, 2.05) is 17.7 Å². The van der Waals surface area contributed by atoms with Crippen LogP contribution in [0.15, 0.2) is 18.7 Å². The van der Waals surface area contributed by atoms with Crippen molar-refractivity contribution in [3.8, 4) is 0 Å². The number of hydrogen-bond donors (Lipinski definition) is 2. The Hall–Kier alpha value is -1.36. The molecule has 3 N–H and O–H groups in total. The van der Waals surface area contributed by atoms with Crippen molar-refractivity contribution in [2.45, 2.75) is 31.8 Å². The van der Waals surface area contributed by atoms with Crippen molar-refractivity contribution >= 4 is 5.91 Å². The first kappa shape index (κ1) is 11.7. The fourth-order valence-corrected chi connectivity index (χ4v) is 1.41. The third-order valence-electron chi connectivity index (χ3n) is 2.75. The molecule has 1 unspecified atom stereocenters. The number of nitrogens with one attached hydrogen (secondary N) is 1. The SMILES string of the molecule is CNC(C)(CCCn1ccnc1)C(N)=O. The number of carbonyl (C=O) groups is 1. The van der Waals surface area contributed by atoms with Gasteiger partial charge in [0.1, 0.15) is 0 Å². The van der Waals surface area contributed by atoms with E-state index in [1.165, 1.54) is 0 Å². The summed E-state index contributed by atoms with van der Waals surface area (Å²) in [6, 6.07) is 0. The van der Waals surface area contributed by atoms with Gasteiger partial charge in [-0.25, -0.2) is 4.98 Å². The summed E-state index contributed by atoms with van der Waals surface area (Å²) in [6.45, 7) is 2.67. The number of rotatable bonds is 6. The molecule has 0 aliphatic carbocycles. The average Bonchev–Trinajstić information content (AvgIpc) is 2.70. The molecule has 84 valence electrons. The monoisotopic (exact) mass is 210 g/mol. The summed E-state index contributed by atoms with van der Waals surface area (Å²) in [5.74, 6) is -0.310. The zero-order valence-electron chi connectivity index (χ0n) is 9.23. The topological polar surface area (TPSA) is 72.9 Å². The Morgan fingerprint density at radius 2 is 2.40 bits per heavy atom. The molecule has 5 heteroatoms. The van der Waals surface area contributed by atoms with Crippen molar-refractivity contribution in [2.24, 2.45) is 5.73 Å². The summed E-state index contributed by atoms with van der Waals surface area (Å²) in [5.41, 5.74) is 4.71. The minimum Gasteiger partial charge on any atom is -0.368 e. The first-order chi connectivity index (χ1) is 7.08. The van der Waals surface area contributed by atoms with Gasteiger partial charge in [0.05, 0.1) is 11.9 Å². The van der Waals surface area contributed by atoms with Crippen LogP contribution in [0.3, 0.4) is 0 Å². The Morgan fingerprint density at radius 3 is 2.87 bits per heavy atom. The lowest BCUT2D eigenvalue weighted by Gasteiger charge is -2.25. The van der Waals surface area contributed by atoms with Gasteiger partial charge >= 0.3 is 0 Å². The number of imidazole rings is 1. The molecule has 0 saturated carbocycles.